The molecule has 0 aromatic heterocycles. The van der Waals surface area contributed by atoms with Gasteiger partial charge in [0.1, 0.15) is 0 Å². The van der Waals surface area contributed by atoms with Gasteiger partial charge < -0.3 is 23.3 Å². The second-order valence-electron chi connectivity index (χ2n) is 0.390. The van der Waals surface area contributed by atoms with Gasteiger partial charge in [-0.3, -0.25) is 0 Å². The molecule has 52 valence electrons. The molecule has 6 nitrogen and oxygen atoms in total. The number of halogens is 2. The van der Waals surface area contributed by atoms with E-state index in [9.17, 15) is 0 Å². The molecule has 9 heavy (non-hydrogen) atoms. The summed E-state index contributed by atoms with van der Waals surface area (Å²) in [6, 6.07) is 0. The van der Waals surface area contributed by atoms with Crippen molar-refractivity contribution in [2.24, 2.45) is 0 Å². The Morgan fingerprint density at radius 1 is 0.889 bits per heavy atom. The second-order valence-corrected chi connectivity index (χ2v) is 1.17. The molecule has 0 radical (unpaired) electrons. The van der Waals surface area contributed by atoms with Crippen molar-refractivity contribution in [3.05, 3.63) is 0 Å². The Labute approximate surface area is 78.8 Å². The van der Waals surface area contributed by atoms with Gasteiger partial charge in [0.05, 0.1) is 10.8 Å². The Bertz CT molecular complexity index is 26.5. The zero-order chi connectivity index (χ0) is 7.15. The van der Waals surface area contributed by atoms with Crippen molar-refractivity contribution in [2.75, 3.05) is 0 Å². The van der Waals surface area contributed by atoms with Crippen molar-refractivity contribution in [2.45, 2.75) is 0 Å². The Hall–Kier alpha value is 1.34. The number of rotatable bonds is 0. The first kappa shape index (κ1) is 16.7. The van der Waals surface area contributed by atoms with Gasteiger partial charge in [-0.25, -0.2) is 0 Å². The zero-order valence-electron chi connectivity index (χ0n) is 4.24. The van der Waals surface area contributed by atoms with E-state index in [0.717, 1.165) is 0 Å². The largest absolute Gasteiger partial charge is 1.00 e. The van der Waals surface area contributed by atoms with E-state index in [1.165, 1.54) is 0 Å². The molecule has 0 saturated heterocycles. The van der Waals surface area contributed by atoms with Crippen LogP contribution < -0.4 is 52.9 Å². The topological polar surface area (TPSA) is 136 Å². The van der Waals surface area contributed by atoms with Crippen LogP contribution in [0.5, 0.6) is 0 Å². The first-order chi connectivity index (χ1) is 3.46. The molecule has 0 atom stereocenters. The molecular weight excluding hydrogens is 190 g/mol. The van der Waals surface area contributed by atoms with Crippen molar-refractivity contribution in [3.63, 3.8) is 0 Å². The van der Waals surface area contributed by atoms with Crippen LogP contribution in [0.3, 0.4) is 0 Å². The standard InChI is InChI=1S/ClHO3.ClO3.Na/c2*2-1(3)4;/h2H;;/q;-1;+1. The van der Waals surface area contributed by atoms with Crippen LogP contribution in [0.15, 0.2) is 0 Å². The quantitative estimate of drug-likeness (QED) is 0.377. The van der Waals surface area contributed by atoms with Gasteiger partial charge in [0.2, 0.25) is 0 Å². The third kappa shape index (κ3) is 280. The van der Waals surface area contributed by atoms with E-state index in [0.29, 0.717) is 0 Å². The maximum Gasteiger partial charge on any atom is 1.00 e. The fourth-order valence-electron chi connectivity index (χ4n) is 0. The van der Waals surface area contributed by atoms with Crippen LogP contribution in [0.25, 0.3) is 0 Å². The van der Waals surface area contributed by atoms with Gasteiger partial charge in [-0.2, -0.15) is 0 Å². The third-order valence-electron chi connectivity index (χ3n) is 0. The van der Waals surface area contributed by atoms with Crippen LogP contribution in [-0.2, 0) is 0 Å². The first-order valence-electron chi connectivity index (χ1n) is 0.941. The summed E-state index contributed by atoms with van der Waals surface area (Å²) >= 11 is 0. The van der Waals surface area contributed by atoms with Crippen molar-refractivity contribution in [1.29, 1.82) is 0 Å². The number of hydrogen-bond donors (Lipinski definition) is 1. The van der Waals surface area contributed by atoms with Crippen LogP contribution in [0.2, 0.25) is 0 Å². The van der Waals surface area contributed by atoms with Gasteiger partial charge in [0.25, 0.3) is 10.8 Å². The predicted octanol–water partition coefficient (Wildman–Crippen LogP) is -9.50. The van der Waals surface area contributed by atoms with Crippen LogP contribution in [0.4, 0.5) is 0 Å². The minimum absolute atomic E-state index is 0. The summed E-state index contributed by atoms with van der Waals surface area (Å²) in [6.07, 6.45) is 0. The average Bonchev–Trinajstić information content (AvgIpc) is 1.25. The molecule has 1 N–H and O–H groups in total. The van der Waals surface area contributed by atoms with Gasteiger partial charge in [-0.05, 0) is 0 Å². The smallest absolute Gasteiger partial charge is 0.357 e. The van der Waals surface area contributed by atoms with Crippen LogP contribution >= 0.6 is 0 Å². The molecule has 0 heterocycles. The SMILES string of the molecule is [Na+].[O-][Cl+2]([O-])O.[O-][Cl+2]([O-])[O-]. The molecule has 0 amide bonds. The fourth-order valence-corrected chi connectivity index (χ4v) is 0. The first-order valence-corrected chi connectivity index (χ1v) is 2.82. The van der Waals surface area contributed by atoms with Gasteiger partial charge in [0, 0.05) is 4.66 Å². The summed E-state index contributed by atoms with van der Waals surface area (Å²) < 4.78 is 49.2. The number of hydrogen-bond acceptors (Lipinski definition) is 6. The zero-order valence-corrected chi connectivity index (χ0v) is 7.76. The summed E-state index contributed by atoms with van der Waals surface area (Å²) in [4.78, 5) is 0. The third-order valence-corrected chi connectivity index (χ3v) is 0. The summed E-state index contributed by atoms with van der Waals surface area (Å²) in [5.74, 6) is 0. The summed E-state index contributed by atoms with van der Waals surface area (Å²) in [6.45, 7) is 0. The van der Waals surface area contributed by atoms with E-state index < -0.39 is 21.6 Å². The van der Waals surface area contributed by atoms with E-state index in [1.54, 1.807) is 0 Å². The van der Waals surface area contributed by atoms with E-state index in [-0.39, 0.29) is 29.6 Å². The molecule has 0 rings (SSSR count). The minimum atomic E-state index is -2.85. The van der Waals surface area contributed by atoms with E-state index in [2.05, 4.69) is 0 Å². The Kier molecular flexibility index (Phi) is 22.4. The Balaban J connectivity index is -0.0000000720. The van der Waals surface area contributed by atoms with Gasteiger partial charge in [-0.1, -0.05) is 0 Å². The maximum absolute atomic E-state index is 8.52. The van der Waals surface area contributed by atoms with E-state index in [4.69, 9.17) is 28.0 Å². The minimum Gasteiger partial charge on any atom is -0.357 e. The molecule has 0 aliphatic carbocycles. The van der Waals surface area contributed by atoms with E-state index in [1.807, 2.05) is 0 Å². The normalized spacial score (nSPS) is 8.00. The molecule has 0 unspecified atom stereocenters. The molecule has 0 saturated carbocycles. The molecular formula is HCl2NaO6. The summed E-state index contributed by atoms with van der Waals surface area (Å²) in [7, 11) is -5.45. The van der Waals surface area contributed by atoms with Crippen molar-refractivity contribution in [3.8, 4) is 0 Å². The van der Waals surface area contributed by atoms with Crippen LogP contribution in [-0.4, -0.2) is 4.66 Å². The van der Waals surface area contributed by atoms with Gasteiger partial charge in [-0.15, -0.1) is 0 Å². The molecule has 0 spiro atoms. The molecule has 0 aliphatic heterocycles. The molecule has 0 aromatic carbocycles. The maximum atomic E-state index is 8.52. The molecule has 0 aromatic rings. The monoisotopic (exact) mass is 190 g/mol. The average molecular weight is 191 g/mol. The van der Waals surface area contributed by atoms with Crippen LogP contribution in [0, 0.1) is 21.6 Å². The molecule has 9 heteroatoms. The predicted molar refractivity (Wildman–Crippen MR) is 2.22 cm³/mol. The van der Waals surface area contributed by atoms with Crippen molar-refractivity contribution >= 4 is 0 Å². The second kappa shape index (κ2) is 12.1. The Morgan fingerprint density at radius 3 is 0.889 bits per heavy atom. The van der Waals surface area contributed by atoms with Crippen LogP contribution in [0.1, 0.15) is 0 Å². The molecule has 0 aliphatic rings. The molecule has 0 bridgehead atoms. The van der Waals surface area contributed by atoms with Gasteiger partial charge in [0.15, 0.2) is 0 Å². The summed E-state index contributed by atoms with van der Waals surface area (Å²) in [5.41, 5.74) is 0. The van der Waals surface area contributed by atoms with Crippen molar-refractivity contribution in [1.82, 2.24) is 0 Å². The van der Waals surface area contributed by atoms with E-state index >= 15 is 0 Å². The molecule has 0 fully saturated rings. The van der Waals surface area contributed by atoms with Gasteiger partial charge >= 0.3 is 29.6 Å². The van der Waals surface area contributed by atoms with Crippen molar-refractivity contribution < 1.29 is 79.1 Å². The Morgan fingerprint density at radius 2 is 0.889 bits per heavy atom. The fraction of sp³-hybridized carbons (Fsp3) is 0. The summed E-state index contributed by atoms with van der Waals surface area (Å²) in [5, 5.41) is 0.